The summed E-state index contributed by atoms with van der Waals surface area (Å²) in [7, 11) is 0. The molecule has 0 unspecified atom stereocenters. The van der Waals surface area contributed by atoms with Crippen LogP contribution in [0.15, 0.2) is 21.3 Å². The molecule has 62 valence electrons. The molecular weight excluding hydrogens is 240 g/mol. The van der Waals surface area contributed by atoms with Gasteiger partial charge >= 0.3 is 0 Å². The topological polar surface area (TPSA) is 38.9 Å². The Labute approximate surface area is 81.5 Å². The molecule has 3 nitrogen and oxygen atoms in total. The van der Waals surface area contributed by atoms with Crippen molar-refractivity contribution in [2.45, 2.75) is 5.33 Å². The maximum Gasteiger partial charge on any atom is 0.258 e. The standard InChI is InChI=1S/C7H5BrN2OS/c8-3-6-9-7(11-10-6)5-1-2-12-4-5/h1-2,4H,3H2. The quantitative estimate of drug-likeness (QED) is 0.763. The predicted molar refractivity (Wildman–Crippen MR) is 50.2 cm³/mol. The Balaban J connectivity index is 2.35. The number of aromatic nitrogens is 2. The van der Waals surface area contributed by atoms with E-state index >= 15 is 0 Å². The van der Waals surface area contributed by atoms with E-state index in [1.54, 1.807) is 11.3 Å². The molecule has 0 aliphatic carbocycles. The zero-order chi connectivity index (χ0) is 8.39. The van der Waals surface area contributed by atoms with E-state index in [1.807, 2.05) is 16.8 Å². The van der Waals surface area contributed by atoms with Gasteiger partial charge in [0.25, 0.3) is 5.89 Å². The minimum absolute atomic E-state index is 0.589. The first-order valence-electron chi connectivity index (χ1n) is 3.31. The Kier molecular flexibility index (Phi) is 2.23. The Bertz CT molecular complexity index is 357. The third-order valence-electron chi connectivity index (χ3n) is 1.36. The maximum atomic E-state index is 5.02. The van der Waals surface area contributed by atoms with Crippen LogP contribution in [0.2, 0.25) is 0 Å². The zero-order valence-corrected chi connectivity index (χ0v) is 8.43. The van der Waals surface area contributed by atoms with Crippen molar-refractivity contribution >= 4 is 27.3 Å². The molecule has 0 spiro atoms. The molecule has 0 N–H and O–H groups in total. The van der Waals surface area contributed by atoms with Gasteiger partial charge in [0, 0.05) is 5.38 Å². The molecule has 0 radical (unpaired) electrons. The molecule has 2 heterocycles. The van der Waals surface area contributed by atoms with Gasteiger partial charge in [-0.2, -0.15) is 16.3 Å². The fraction of sp³-hybridized carbons (Fsp3) is 0.143. The first-order chi connectivity index (χ1) is 5.90. The van der Waals surface area contributed by atoms with E-state index in [2.05, 4.69) is 26.1 Å². The summed E-state index contributed by atoms with van der Waals surface area (Å²) in [5.74, 6) is 1.27. The van der Waals surface area contributed by atoms with Crippen LogP contribution in [-0.2, 0) is 5.33 Å². The van der Waals surface area contributed by atoms with E-state index in [0.29, 0.717) is 17.0 Å². The second-order valence-corrected chi connectivity index (χ2v) is 3.50. The Morgan fingerprint density at radius 2 is 2.50 bits per heavy atom. The Hall–Kier alpha value is -0.680. The van der Waals surface area contributed by atoms with Crippen LogP contribution in [0.5, 0.6) is 0 Å². The van der Waals surface area contributed by atoms with Crippen LogP contribution >= 0.6 is 27.3 Å². The highest BCUT2D eigenvalue weighted by molar-refractivity contribution is 9.08. The number of alkyl halides is 1. The highest BCUT2D eigenvalue weighted by Crippen LogP contribution is 2.20. The Morgan fingerprint density at radius 1 is 1.58 bits per heavy atom. The monoisotopic (exact) mass is 244 g/mol. The third-order valence-corrected chi connectivity index (χ3v) is 2.54. The van der Waals surface area contributed by atoms with E-state index in [9.17, 15) is 0 Å². The summed E-state index contributed by atoms with van der Waals surface area (Å²) in [5.41, 5.74) is 0.986. The van der Waals surface area contributed by atoms with Gasteiger partial charge in [0.1, 0.15) is 0 Å². The highest BCUT2D eigenvalue weighted by Gasteiger charge is 2.06. The molecule has 2 rings (SSSR count). The summed E-state index contributed by atoms with van der Waals surface area (Å²) < 4.78 is 5.02. The van der Waals surface area contributed by atoms with Crippen LogP contribution in [0.1, 0.15) is 5.82 Å². The molecular formula is C7H5BrN2OS. The fourth-order valence-corrected chi connectivity index (χ4v) is 1.67. The van der Waals surface area contributed by atoms with Crippen molar-refractivity contribution in [3.63, 3.8) is 0 Å². The van der Waals surface area contributed by atoms with E-state index < -0.39 is 0 Å². The number of hydrogen-bond donors (Lipinski definition) is 0. The highest BCUT2D eigenvalue weighted by atomic mass is 79.9. The second-order valence-electron chi connectivity index (χ2n) is 2.16. The molecule has 2 aromatic rings. The van der Waals surface area contributed by atoms with Gasteiger partial charge in [-0.25, -0.2) is 0 Å². The number of thiophene rings is 1. The van der Waals surface area contributed by atoms with Gasteiger partial charge in [-0.3, -0.25) is 0 Å². The van der Waals surface area contributed by atoms with Crippen LogP contribution in [0.25, 0.3) is 11.5 Å². The third kappa shape index (κ3) is 1.42. The Morgan fingerprint density at radius 3 is 3.08 bits per heavy atom. The molecule has 2 aromatic heterocycles. The zero-order valence-electron chi connectivity index (χ0n) is 6.03. The molecule has 0 fully saturated rings. The average molecular weight is 245 g/mol. The fourth-order valence-electron chi connectivity index (χ4n) is 0.812. The van der Waals surface area contributed by atoms with E-state index in [1.165, 1.54) is 0 Å². The molecule has 0 bridgehead atoms. The lowest BCUT2D eigenvalue weighted by molar-refractivity contribution is 0.425. The molecule has 0 saturated heterocycles. The van der Waals surface area contributed by atoms with Gasteiger partial charge in [-0.15, -0.1) is 0 Å². The average Bonchev–Trinajstić information content (AvgIpc) is 2.75. The molecule has 0 saturated carbocycles. The van der Waals surface area contributed by atoms with Gasteiger partial charge in [0.05, 0.1) is 10.9 Å². The van der Waals surface area contributed by atoms with Crippen molar-refractivity contribution in [3.8, 4) is 11.5 Å². The van der Waals surface area contributed by atoms with E-state index in [-0.39, 0.29) is 0 Å². The number of nitrogens with zero attached hydrogens (tertiary/aromatic N) is 2. The van der Waals surface area contributed by atoms with Crippen molar-refractivity contribution in [2.75, 3.05) is 0 Å². The lowest BCUT2D eigenvalue weighted by Crippen LogP contribution is -1.78. The van der Waals surface area contributed by atoms with Crippen molar-refractivity contribution in [2.24, 2.45) is 0 Å². The summed E-state index contributed by atoms with van der Waals surface area (Å²) in [6.45, 7) is 0. The van der Waals surface area contributed by atoms with Crippen molar-refractivity contribution in [1.29, 1.82) is 0 Å². The minimum atomic E-state index is 0.589. The predicted octanol–water partition coefficient (Wildman–Crippen LogP) is 2.69. The second kappa shape index (κ2) is 3.37. The summed E-state index contributed by atoms with van der Waals surface area (Å²) in [6.07, 6.45) is 0. The summed E-state index contributed by atoms with van der Waals surface area (Å²) >= 11 is 4.86. The van der Waals surface area contributed by atoms with Crippen molar-refractivity contribution in [3.05, 3.63) is 22.7 Å². The smallest absolute Gasteiger partial charge is 0.258 e. The van der Waals surface area contributed by atoms with Crippen LogP contribution < -0.4 is 0 Å². The lowest BCUT2D eigenvalue weighted by Gasteiger charge is -1.81. The van der Waals surface area contributed by atoms with E-state index in [0.717, 1.165) is 5.56 Å². The molecule has 0 amide bonds. The summed E-state index contributed by atoms with van der Waals surface area (Å²) in [4.78, 5) is 4.15. The normalized spacial score (nSPS) is 10.4. The van der Waals surface area contributed by atoms with Crippen LogP contribution in [0, 0.1) is 0 Å². The number of halogens is 1. The van der Waals surface area contributed by atoms with Crippen molar-refractivity contribution in [1.82, 2.24) is 10.1 Å². The summed E-state index contributed by atoms with van der Waals surface area (Å²) in [6, 6.07) is 1.95. The first kappa shape index (κ1) is 7.94. The van der Waals surface area contributed by atoms with Gasteiger partial charge < -0.3 is 4.52 Å². The van der Waals surface area contributed by atoms with Crippen LogP contribution in [-0.4, -0.2) is 10.1 Å². The van der Waals surface area contributed by atoms with Crippen molar-refractivity contribution < 1.29 is 4.52 Å². The first-order valence-corrected chi connectivity index (χ1v) is 5.37. The van der Waals surface area contributed by atoms with Gasteiger partial charge in [-0.1, -0.05) is 21.1 Å². The molecule has 0 aliphatic rings. The van der Waals surface area contributed by atoms with E-state index in [4.69, 9.17) is 4.52 Å². The molecule has 12 heavy (non-hydrogen) atoms. The molecule has 5 heteroatoms. The lowest BCUT2D eigenvalue weighted by atomic mass is 10.3. The molecule has 0 atom stereocenters. The van der Waals surface area contributed by atoms with Gasteiger partial charge in [0.2, 0.25) is 0 Å². The van der Waals surface area contributed by atoms with Gasteiger partial charge in [0.15, 0.2) is 5.82 Å². The molecule has 0 aromatic carbocycles. The molecule has 0 aliphatic heterocycles. The van der Waals surface area contributed by atoms with Crippen LogP contribution in [0.4, 0.5) is 0 Å². The maximum absolute atomic E-state index is 5.02. The van der Waals surface area contributed by atoms with Gasteiger partial charge in [-0.05, 0) is 11.4 Å². The summed E-state index contributed by atoms with van der Waals surface area (Å²) in [5, 5.41) is 8.35. The largest absolute Gasteiger partial charge is 0.334 e. The minimum Gasteiger partial charge on any atom is -0.334 e. The number of rotatable bonds is 2. The SMILES string of the molecule is BrCc1noc(-c2ccsc2)n1. The van der Waals surface area contributed by atoms with Crippen LogP contribution in [0.3, 0.4) is 0 Å². The number of hydrogen-bond acceptors (Lipinski definition) is 4.